The number of rotatable bonds is 2. The van der Waals surface area contributed by atoms with Crippen molar-refractivity contribution in [3.63, 3.8) is 0 Å². The van der Waals surface area contributed by atoms with Gasteiger partial charge in [-0.2, -0.15) is 0 Å². The smallest absolute Gasteiger partial charge is 0.123 e. The van der Waals surface area contributed by atoms with Gasteiger partial charge in [-0.05, 0) is 48.1 Å². The van der Waals surface area contributed by atoms with Crippen molar-refractivity contribution in [2.45, 2.75) is 25.3 Å². The van der Waals surface area contributed by atoms with Crippen LogP contribution in [0.1, 0.15) is 29.2 Å². The SMILES string of the molecule is N[C@H](CO)c1cc(F)cc2c1CCC2. The second kappa shape index (κ2) is 3.67. The van der Waals surface area contributed by atoms with Crippen molar-refractivity contribution in [3.05, 3.63) is 34.6 Å². The van der Waals surface area contributed by atoms with E-state index in [0.29, 0.717) is 0 Å². The van der Waals surface area contributed by atoms with Gasteiger partial charge < -0.3 is 10.8 Å². The summed E-state index contributed by atoms with van der Waals surface area (Å²) in [5.74, 6) is -0.246. The molecule has 76 valence electrons. The molecule has 2 nitrogen and oxygen atoms in total. The first kappa shape index (κ1) is 9.62. The zero-order valence-electron chi connectivity index (χ0n) is 7.96. The highest BCUT2D eigenvalue weighted by atomic mass is 19.1. The maximum absolute atomic E-state index is 13.2. The Morgan fingerprint density at radius 1 is 1.43 bits per heavy atom. The van der Waals surface area contributed by atoms with Crippen LogP contribution >= 0.6 is 0 Å². The first-order chi connectivity index (χ1) is 6.72. The lowest BCUT2D eigenvalue weighted by Gasteiger charge is -2.13. The van der Waals surface area contributed by atoms with Gasteiger partial charge in [0.05, 0.1) is 12.6 Å². The fourth-order valence-corrected chi connectivity index (χ4v) is 2.13. The fourth-order valence-electron chi connectivity index (χ4n) is 2.13. The van der Waals surface area contributed by atoms with Crippen molar-refractivity contribution in [2.24, 2.45) is 5.73 Å². The maximum Gasteiger partial charge on any atom is 0.123 e. The Labute approximate surface area is 82.5 Å². The van der Waals surface area contributed by atoms with Gasteiger partial charge in [0.2, 0.25) is 0 Å². The molecule has 0 radical (unpaired) electrons. The number of hydrogen-bond donors (Lipinski definition) is 2. The molecule has 0 unspecified atom stereocenters. The van der Waals surface area contributed by atoms with Crippen LogP contribution in [-0.4, -0.2) is 11.7 Å². The van der Waals surface area contributed by atoms with Gasteiger partial charge in [-0.1, -0.05) is 0 Å². The molecule has 0 aliphatic heterocycles. The van der Waals surface area contributed by atoms with Crippen LogP contribution < -0.4 is 5.73 Å². The number of fused-ring (bicyclic) bond motifs is 1. The van der Waals surface area contributed by atoms with Gasteiger partial charge >= 0.3 is 0 Å². The fraction of sp³-hybridized carbons (Fsp3) is 0.455. The number of aryl methyl sites for hydroxylation is 1. The minimum Gasteiger partial charge on any atom is -0.394 e. The molecule has 1 aromatic carbocycles. The Morgan fingerprint density at radius 2 is 2.21 bits per heavy atom. The highest BCUT2D eigenvalue weighted by molar-refractivity contribution is 5.40. The molecule has 1 atom stereocenters. The van der Waals surface area contributed by atoms with Crippen molar-refractivity contribution >= 4 is 0 Å². The minimum absolute atomic E-state index is 0.129. The van der Waals surface area contributed by atoms with Gasteiger partial charge in [-0.3, -0.25) is 0 Å². The predicted molar refractivity (Wildman–Crippen MR) is 52.4 cm³/mol. The molecule has 0 bridgehead atoms. The summed E-state index contributed by atoms with van der Waals surface area (Å²) in [6, 6.07) is 2.58. The molecule has 0 saturated carbocycles. The lowest BCUT2D eigenvalue weighted by Crippen LogP contribution is -2.16. The second-order valence-corrected chi connectivity index (χ2v) is 3.78. The van der Waals surface area contributed by atoms with E-state index in [1.165, 1.54) is 6.07 Å². The van der Waals surface area contributed by atoms with Crippen LogP contribution in [-0.2, 0) is 12.8 Å². The molecule has 14 heavy (non-hydrogen) atoms. The normalized spacial score (nSPS) is 16.8. The predicted octanol–water partition coefficient (Wildman–Crippen LogP) is 1.31. The molecule has 0 aromatic heterocycles. The topological polar surface area (TPSA) is 46.2 Å². The van der Waals surface area contributed by atoms with Crippen molar-refractivity contribution in [1.29, 1.82) is 0 Å². The van der Waals surface area contributed by atoms with Gasteiger partial charge in [-0.25, -0.2) is 4.39 Å². The molecule has 3 heteroatoms. The largest absolute Gasteiger partial charge is 0.394 e. The number of aliphatic hydroxyl groups is 1. The molecule has 3 N–H and O–H groups in total. The first-order valence-electron chi connectivity index (χ1n) is 4.90. The Kier molecular flexibility index (Phi) is 2.52. The summed E-state index contributed by atoms with van der Waals surface area (Å²) in [6.45, 7) is -0.129. The number of halogens is 1. The van der Waals surface area contributed by atoms with Crippen LogP contribution in [0.4, 0.5) is 4.39 Å². The quantitative estimate of drug-likeness (QED) is 0.747. The number of aliphatic hydroxyl groups excluding tert-OH is 1. The van der Waals surface area contributed by atoms with Crippen LogP contribution in [0.3, 0.4) is 0 Å². The molecule has 1 aromatic rings. The van der Waals surface area contributed by atoms with E-state index in [2.05, 4.69) is 0 Å². The maximum atomic E-state index is 13.2. The van der Waals surface area contributed by atoms with Gasteiger partial charge in [-0.15, -0.1) is 0 Å². The summed E-state index contributed by atoms with van der Waals surface area (Å²) in [7, 11) is 0. The third-order valence-corrected chi connectivity index (χ3v) is 2.81. The van der Waals surface area contributed by atoms with E-state index in [1.807, 2.05) is 0 Å². The minimum atomic E-state index is -0.447. The molecule has 0 fully saturated rings. The van der Waals surface area contributed by atoms with Crippen molar-refractivity contribution in [3.8, 4) is 0 Å². The van der Waals surface area contributed by atoms with Crippen molar-refractivity contribution in [2.75, 3.05) is 6.61 Å². The van der Waals surface area contributed by atoms with E-state index in [9.17, 15) is 4.39 Å². The molecule has 1 aliphatic rings. The van der Waals surface area contributed by atoms with E-state index >= 15 is 0 Å². The molecular formula is C11H14FNO. The Balaban J connectivity index is 2.48. The van der Waals surface area contributed by atoms with Crippen LogP contribution in [0.2, 0.25) is 0 Å². The lowest BCUT2D eigenvalue weighted by molar-refractivity contribution is 0.267. The van der Waals surface area contributed by atoms with Crippen LogP contribution in [0, 0.1) is 5.82 Å². The summed E-state index contributed by atoms with van der Waals surface area (Å²) in [5, 5.41) is 8.96. The molecule has 0 heterocycles. The summed E-state index contributed by atoms with van der Waals surface area (Å²) in [5.41, 5.74) is 8.70. The van der Waals surface area contributed by atoms with Gasteiger partial charge in [0.25, 0.3) is 0 Å². The second-order valence-electron chi connectivity index (χ2n) is 3.78. The molecule has 2 rings (SSSR count). The number of hydrogen-bond acceptors (Lipinski definition) is 2. The number of benzene rings is 1. The average molecular weight is 195 g/mol. The van der Waals surface area contributed by atoms with E-state index in [4.69, 9.17) is 10.8 Å². The molecule has 0 spiro atoms. The average Bonchev–Trinajstić information content (AvgIpc) is 2.62. The molecule has 0 amide bonds. The monoisotopic (exact) mass is 195 g/mol. The van der Waals surface area contributed by atoms with E-state index in [1.54, 1.807) is 6.07 Å². The van der Waals surface area contributed by atoms with Crippen LogP contribution in [0.5, 0.6) is 0 Å². The Bertz CT molecular complexity index is 351. The first-order valence-corrected chi connectivity index (χ1v) is 4.90. The summed E-state index contributed by atoms with van der Waals surface area (Å²) in [6.07, 6.45) is 2.95. The van der Waals surface area contributed by atoms with Gasteiger partial charge in [0.15, 0.2) is 0 Å². The zero-order chi connectivity index (χ0) is 10.1. The van der Waals surface area contributed by atoms with Crippen LogP contribution in [0.25, 0.3) is 0 Å². The summed E-state index contributed by atoms with van der Waals surface area (Å²) >= 11 is 0. The highest BCUT2D eigenvalue weighted by Gasteiger charge is 2.19. The third kappa shape index (κ3) is 1.53. The lowest BCUT2D eigenvalue weighted by atomic mass is 9.98. The molecular weight excluding hydrogens is 181 g/mol. The van der Waals surface area contributed by atoms with Crippen molar-refractivity contribution < 1.29 is 9.50 Å². The zero-order valence-corrected chi connectivity index (χ0v) is 7.96. The van der Waals surface area contributed by atoms with Gasteiger partial charge in [0.1, 0.15) is 5.82 Å². The summed E-state index contributed by atoms with van der Waals surface area (Å²) in [4.78, 5) is 0. The Morgan fingerprint density at radius 3 is 2.93 bits per heavy atom. The molecule has 0 saturated heterocycles. The van der Waals surface area contributed by atoms with Crippen LogP contribution in [0.15, 0.2) is 12.1 Å². The standard InChI is InChI=1S/C11H14FNO/c12-8-4-7-2-1-3-9(7)10(5-8)11(13)6-14/h4-5,11,14H,1-3,6,13H2/t11-/m1/s1. The van der Waals surface area contributed by atoms with E-state index < -0.39 is 6.04 Å². The summed E-state index contributed by atoms with van der Waals surface area (Å²) < 4.78 is 13.2. The Hall–Kier alpha value is -0.930. The van der Waals surface area contributed by atoms with Crippen molar-refractivity contribution in [1.82, 2.24) is 0 Å². The van der Waals surface area contributed by atoms with E-state index in [0.717, 1.165) is 36.0 Å². The number of nitrogens with two attached hydrogens (primary N) is 1. The molecule has 1 aliphatic carbocycles. The van der Waals surface area contributed by atoms with E-state index in [-0.39, 0.29) is 12.4 Å². The highest BCUT2D eigenvalue weighted by Crippen LogP contribution is 2.29. The van der Waals surface area contributed by atoms with Gasteiger partial charge in [0, 0.05) is 0 Å². The third-order valence-electron chi connectivity index (χ3n) is 2.81.